The quantitative estimate of drug-likeness (QED) is 0.540. The third kappa shape index (κ3) is 4.43. The van der Waals surface area contributed by atoms with Gasteiger partial charge in [0.05, 0.1) is 6.20 Å². The van der Waals surface area contributed by atoms with Gasteiger partial charge in [0, 0.05) is 19.6 Å². The van der Waals surface area contributed by atoms with Gasteiger partial charge in [0.1, 0.15) is 17.3 Å². The fraction of sp³-hybridized carbons (Fsp3) is 0.500. The number of hydrogen-bond acceptors (Lipinski definition) is 4. The van der Waals surface area contributed by atoms with Gasteiger partial charge in [-0.3, -0.25) is 15.4 Å². The molecule has 0 radical (unpaired) electrons. The van der Waals surface area contributed by atoms with Crippen LogP contribution in [0.2, 0.25) is 0 Å². The number of pyridine rings is 1. The van der Waals surface area contributed by atoms with Crippen molar-refractivity contribution in [3.8, 4) is 5.75 Å². The lowest BCUT2D eigenvalue weighted by atomic mass is 9.87. The van der Waals surface area contributed by atoms with E-state index in [9.17, 15) is 0 Å². The Balaban J connectivity index is 2.23. The topological polar surface area (TPSA) is 91.1 Å². The van der Waals surface area contributed by atoms with Crippen molar-refractivity contribution in [3.63, 3.8) is 0 Å². The highest BCUT2D eigenvalue weighted by molar-refractivity contribution is 5.79. The van der Waals surface area contributed by atoms with Crippen LogP contribution in [0.1, 0.15) is 39.5 Å². The number of nitrogens with zero attached hydrogens (tertiary/aromatic N) is 2. The molecule has 142 valence electrons. The van der Waals surface area contributed by atoms with Gasteiger partial charge in [0.25, 0.3) is 0 Å². The predicted octanol–water partition coefficient (Wildman–Crippen LogP) is 2.85. The molecule has 0 fully saturated rings. The normalized spacial score (nSPS) is 20.0. The number of hydrogen-bond donors (Lipinski definition) is 3. The molecular formula is C20H31N5O. The molecule has 26 heavy (non-hydrogen) atoms. The molecule has 6 nitrogen and oxygen atoms in total. The van der Waals surface area contributed by atoms with Gasteiger partial charge in [-0.15, -0.1) is 0 Å². The van der Waals surface area contributed by atoms with Crippen molar-refractivity contribution < 1.29 is 4.74 Å². The third-order valence-corrected chi connectivity index (χ3v) is 4.95. The van der Waals surface area contributed by atoms with Gasteiger partial charge < -0.3 is 15.4 Å². The molecule has 0 amide bonds. The van der Waals surface area contributed by atoms with Gasteiger partial charge in [-0.05, 0) is 49.5 Å². The lowest BCUT2D eigenvalue weighted by molar-refractivity contribution is 0.213. The first-order chi connectivity index (χ1) is 12.4. The molecule has 0 spiro atoms. The molecule has 2 atom stereocenters. The molecule has 0 unspecified atom stereocenters. The van der Waals surface area contributed by atoms with Gasteiger partial charge in [0.2, 0.25) is 5.96 Å². The Morgan fingerprint density at radius 3 is 2.85 bits per heavy atom. The lowest BCUT2D eigenvalue weighted by Crippen LogP contribution is -2.38. The van der Waals surface area contributed by atoms with E-state index in [4.69, 9.17) is 21.3 Å². The summed E-state index contributed by atoms with van der Waals surface area (Å²) < 4.78 is 7.73. The van der Waals surface area contributed by atoms with Crippen LogP contribution in [0.15, 0.2) is 42.1 Å². The number of nitrogens with two attached hydrogens (primary N) is 1. The van der Waals surface area contributed by atoms with Crippen LogP contribution < -0.4 is 16.0 Å². The van der Waals surface area contributed by atoms with Crippen molar-refractivity contribution >= 4 is 5.96 Å². The van der Waals surface area contributed by atoms with Crippen LogP contribution in [0.3, 0.4) is 0 Å². The number of aromatic nitrogens is 1. The van der Waals surface area contributed by atoms with Crippen LogP contribution in [-0.2, 0) is 0 Å². The number of ether oxygens (including phenoxy) is 1. The van der Waals surface area contributed by atoms with E-state index in [0.29, 0.717) is 5.75 Å². The van der Waals surface area contributed by atoms with Gasteiger partial charge in [-0.2, -0.15) is 0 Å². The van der Waals surface area contributed by atoms with E-state index in [0.717, 1.165) is 43.4 Å². The molecule has 0 saturated heterocycles. The van der Waals surface area contributed by atoms with Crippen LogP contribution in [0.5, 0.6) is 5.75 Å². The molecule has 1 aromatic heterocycles. The minimum Gasteiger partial charge on any atom is -0.484 e. The maximum atomic E-state index is 8.38. The minimum atomic E-state index is -0.0932. The Morgan fingerprint density at radius 2 is 2.19 bits per heavy atom. The summed E-state index contributed by atoms with van der Waals surface area (Å²) in [7, 11) is 1.88. The molecule has 0 aromatic carbocycles. The van der Waals surface area contributed by atoms with Crippen LogP contribution in [0.25, 0.3) is 0 Å². The molecule has 0 saturated carbocycles. The fourth-order valence-electron chi connectivity index (χ4n) is 3.16. The molecule has 0 bridgehead atoms. The van der Waals surface area contributed by atoms with Crippen molar-refractivity contribution in [2.24, 2.45) is 5.73 Å². The standard InChI is InChI=1S/C20H31N5O/c1-5-7-12-24(4)20(23)25-13-15(8-11-19(25)22)26-18-10-9-17(21)14(3)16(18)6-2/h6,8,11,13,17-18,22-23H,2,5,7,9-10,12,21H2,1,3-4H3/t17-,18+/m0/s1. The summed E-state index contributed by atoms with van der Waals surface area (Å²) in [6.07, 6.45) is 7.24. The van der Waals surface area contributed by atoms with Crippen LogP contribution >= 0.6 is 0 Å². The van der Waals surface area contributed by atoms with Crippen molar-refractivity contribution in [2.45, 2.75) is 51.7 Å². The summed E-state index contributed by atoms with van der Waals surface area (Å²) in [5.74, 6) is 0.914. The summed E-state index contributed by atoms with van der Waals surface area (Å²) in [5.41, 5.74) is 8.55. The highest BCUT2D eigenvalue weighted by Crippen LogP contribution is 2.28. The van der Waals surface area contributed by atoms with Crippen LogP contribution in [-0.4, -0.2) is 41.2 Å². The molecule has 4 N–H and O–H groups in total. The highest BCUT2D eigenvalue weighted by Gasteiger charge is 2.25. The molecule has 0 aliphatic heterocycles. The number of rotatable bonds is 6. The Morgan fingerprint density at radius 1 is 1.46 bits per heavy atom. The molecule has 1 heterocycles. The summed E-state index contributed by atoms with van der Waals surface area (Å²) in [6, 6.07) is 3.50. The zero-order valence-corrected chi connectivity index (χ0v) is 16.1. The van der Waals surface area contributed by atoms with E-state index < -0.39 is 0 Å². The van der Waals surface area contributed by atoms with Crippen molar-refractivity contribution in [3.05, 3.63) is 47.6 Å². The Labute approximate surface area is 156 Å². The van der Waals surface area contributed by atoms with Crippen molar-refractivity contribution in [1.29, 1.82) is 10.8 Å². The average molecular weight is 358 g/mol. The summed E-state index contributed by atoms with van der Waals surface area (Å²) in [6.45, 7) is 8.84. The average Bonchev–Trinajstić information content (AvgIpc) is 2.64. The van der Waals surface area contributed by atoms with Gasteiger partial charge in [0.15, 0.2) is 0 Å². The largest absolute Gasteiger partial charge is 0.484 e. The van der Waals surface area contributed by atoms with Gasteiger partial charge in [-0.1, -0.05) is 26.0 Å². The van der Waals surface area contributed by atoms with Gasteiger partial charge >= 0.3 is 0 Å². The minimum absolute atomic E-state index is 0.0591. The smallest absolute Gasteiger partial charge is 0.203 e. The monoisotopic (exact) mass is 357 g/mol. The second-order valence-electron chi connectivity index (χ2n) is 6.85. The summed E-state index contributed by atoms with van der Waals surface area (Å²) in [5, 5.41) is 16.5. The Hall–Kier alpha value is -2.34. The first kappa shape index (κ1) is 20.0. The highest BCUT2D eigenvalue weighted by atomic mass is 16.5. The van der Waals surface area contributed by atoms with Crippen molar-refractivity contribution in [1.82, 2.24) is 9.47 Å². The lowest BCUT2D eigenvalue weighted by Gasteiger charge is -2.30. The van der Waals surface area contributed by atoms with E-state index >= 15 is 0 Å². The maximum absolute atomic E-state index is 8.38. The fourth-order valence-corrected chi connectivity index (χ4v) is 3.16. The van der Waals surface area contributed by atoms with E-state index in [-0.39, 0.29) is 23.6 Å². The number of nitrogens with one attached hydrogen (secondary N) is 2. The zero-order valence-electron chi connectivity index (χ0n) is 16.1. The molecule has 6 heteroatoms. The number of unbranched alkanes of at least 4 members (excludes halogenated alkanes) is 1. The molecule has 2 rings (SSSR count). The van der Waals surface area contributed by atoms with E-state index in [1.165, 1.54) is 0 Å². The zero-order chi connectivity index (χ0) is 19.3. The first-order valence-corrected chi connectivity index (χ1v) is 9.21. The molecule has 1 aliphatic carbocycles. The predicted molar refractivity (Wildman–Crippen MR) is 105 cm³/mol. The molecular weight excluding hydrogens is 326 g/mol. The summed E-state index contributed by atoms with van der Waals surface area (Å²) in [4.78, 5) is 1.85. The second-order valence-corrected chi connectivity index (χ2v) is 6.85. The maximum Gasteiger partial charge on any atom is 0.203 e. The van der Waals surface area contributed by atoms with E-state index in [1.807, 2.05) is 24.9 Å². The van der Waals surface area contributed by atoms with Crippen LogP contribution in [0, 0.1) is 10.8 Å². The van der Waals surface area contributed by atoms with E-state index in [1.54, 1.807) is 22.9 Å². The summed E-state index contributed by atoms with van der Waals surface area (Å²) >= 11 is 0. The Kier molecular flexibility index (Phi) is 6.80. The first-order valence-electron chi connectivity index (χ1n) is 9.21. The van der Waals surface area contributed by atoms with E-state index in [2.05, 4.69) is 13.5 Å². The van der Waals surface area contributed by atoms with Crippen LogP contribution in [0.4, 0.5) is 0 Å². The second kappa shape index (κ2) is 8.85. The van der Waals surface area contributed by atoms with Crippen molar-refractivity contribution in [2.75, 3.05) is 13.6 Å². The Bertz CT molecular complexity index is 749. The van der Waals surface area contributed by atoms with Gasteiger partial charge in [-0.25, -0.2) is 0 Å². The SMILES string of the molecule is C=CC1=C(C)[C@@H](N)CC[C@H]1Oc1ccc(=N)n(C(=N)N(C)CCCC)c1. The third-order valence-electron chi connectivity index (χ3n) is 4.95. The molecule has 1 aromatic rings. The molecule has 1 aliphatic rings.